The molecule has 96 valence electrons. The van der Waals surface area contributed by atoms with Gasteiger partial charge in [-0.3, -0.25) is 0 Å². The lowest BCUT2D eigenvalue weighted by molar-refractivity contribution is 0.425. The minimum absolute atomic E-state index is 0.512. The molecule has 2 N–H and O–H groups in total. The predicted octanol–water partition coefficient (Wildman–Crippen LogP) is 2.84. The van der Waals surface area contributed by atoms with Crippen LogP contribution in [-0.4, -0.2) is 15.4 Å². The van der Waals surface area contributed by atoms with E-state index in [-0.39, 0.29) is 0 Å². The van der Waals surface area contributed by atoms with Crippen molar-refractivity contribution in [2.75, 3.05) is 0 Å². The molecule has 1 aromatic heterocycles. The van der Waals surface area contributed by atoms with Crippen LogP contribution in [0.3, 0.4) is 0 Å². The summed E-state index contributed by atoms with van der Waals surface area (Å²) in [6, 6.07) is 7.86. The van der Waals surface area contributed by atoms with E-state index in [1.54, 1.807) is 11.8 Å². The van der Waals surface area contributed by atoms with Crippen molar-refractivity contribution in [2.45, 2.75) is 31.4 Å². The molecule has 0 radical (unpaired) electrons. The van der Waals surface area contributed by atoms with E-state index in [4.69, 9.17) is 10.3 Å². The summed E-state index contributed by atoms with van der Waals surface area (Å²) >= 11 is 1.80. The van der Waals surface area contributed by atoms with E-state index in [1.807, 2.05) is 24.3 Å². The number of nitrogens with two attached hydrogens (primary N) is 1. The molecule has 1 aromatic carbocycles. The number of hydrogen-bond acceptors (Lipinski definition) is 5. The Morgan fingerprint density at radius 2 is 2.22 bits per heavy atom. The van der Waals surface area contributed by atoms with Gasteiger partial charge in [-0.25, -0.2) is 0 Å². The van der Waals surface area contributed by atoms with Crippen molar-refractivity contribution in [3.8, 4) is 11.5 Å². The van der Waals surface area contributed by atoms with E-state index < -0.39 is 0 Å². The van der Waals surface area contributed by atoms with Gasteiger partial charge in [-0.15, -0.1) is 0 Å². The second-order valence-electron chi connectivity index (χ2n) is 4.28. The van der Waals surface area contributed by atoms with Crippen molar-refractivity contribution in [1.29, 1.82) is 0 Å². The second kappa shape index (κ2) is 6.02. The zero-order chi connectivity index (χ0) is 13.0. The zero-order valence-electron chi connectivity index (χ0n) is 10.6. The molecule has 4 nitrogen and oxygen atoms in total. The van der Waals surface area contributed by atoms with Gasteiger partial charge in [-0.2, -0.15) is 16.7 Å². The first-order valence-electron chi connectivity index (χ1n) is 5.92. The molecule has 0 aliphatic carbocycles. The Morgan fingerprint density at radius 3 is 2.94 bits per heavy atom. The number of rotatable bonds is 5. The van der Waals surface area contributed by atoms with Gasteiger partial charge in [0.15, 0.2) is 5.82 Å². The number of benzene rings is 1. The van der Waals surface area contributed by atoms with Gasteiger partial charge in [0.1, 0.15) is 0 Å². The van der Waals surface area contributed by atoms with Crippen molar-refractivity contribution in [2.24, 2.45) is 5.73 Å². The van der Waals surface area contributed by atoms with Crippen molar-refractivity contribution < 1.29 is 4.52 Å². The summed E-state index contributed by atoms with van der Waals surface area (Å²) in [4.78, 5) is 4.39. The van der Waals surface area contributed by atoms with Gasteiger partial charge in [-0.05, 0) is 22.9 Å². The highest BCUT2D eigenvalue weighted by Crippen LogP contribution is 2.21. The van der Waals surface area contributed by atoms with Crippen molar-refractivity contribution in [3.05, 3.63) is 35.7 Å². The minimum Gasteiger partial charge on any atom is -0.334 e. The summed E-state index contributed by atoms with van der Waals surface area (Å²) in [5.41, 5.74) is 7.59. The lowest BCUT2D eigenvalue weighted by atomic mass is 10.1. The number of hydrogen-bond donors (Lipinski definition) is 1. The van der Waals surface area contributed by atoms with Gasteiger partial charge in [0, 0.05) is 12.1 Å². The Kier molecular flexibility index (Phi) is 4.38. The molecule has 0 saturated heterocycles. The molecular weight excluding hydrogens is 246 g/mol. The highest BCUT2D eigenvalue weighted by Gasteiger charge is 2.09. The van der Waals surface area contributed by atoms with E-state index in [0.29, 0.717) is 17.7 Å². The summed E-state index contributed by atoms with van der Waals surface area (Å²) in [6.07, 6.45) is 0. The monoisotopic (exact) mass is 263 g/mol. The Balaban J connectivity index is 2.13. The van der Waals surface area contributed by atoms with Gasteiger partial charge in [0.05, 0.1) is 5.75 Å². The van der Waals surface area contributed by atoms with Crippen molar-refractivity contribution in [1.82, 2.24) is 10.1 Å². The maximum atomic E-state index is 5.61. The van der Waals surface area contributed by atoms with Crippen LogP contribution in [0, 0.1) is 0 Å². The first-order chi connectivity index (χ1) is 8.69. The third-order valence-corrected chi connectivity index (χ3v) is 3.52. The lowest BCUT2D eigenvalue weighted by Gasteiger charge is -1.99. The molecule has 0 fully saturated rings. The zero-order valence-corrected chi connectivity index (χ0v) is 11.4. The molecule has 0 aliphatic heterocycles. The Hall–Kier alpha value is -1.33. The van der Waals surface area contributed by atoms with E-state index in [1.165, 1.54) is 0 Å². The largest absolute Gasteiger partial charge is 0.334 e. The summed E-state index contributed by atoms with van der Waals surface area (Å²) < 4.78 is 5.27. The molecule has 0 bridgehead atoms. The SMILES string of the molecule is CC(C)SCc1noc(-c2cccc(CN)c2)n1. The third-order valence-electron chi connectivity index (χ3n) is 2.42. The predicted molar refractivity (Wildman–Crippen MR) is 74.1 cm³/mol. The fourth-order valence-corrected chi connectivity index (χ4v) is 2.10. The van der Waals surface area contributed by atoms with Crippen LogP contribution in [0.15, 0.2) is 28.8 Å². The van der Waals surface area contributed by atoms with Crippen LogP contribution in [0.5, 0.6) is 0 Å². The maximum absolute atomic E-state index is 5.61. The number of aromatic nitrogens is 2. The summed E-state index contributed by atoms with van der Waals surface area (Å²) in [7, 11) is 0. The van der Waals surface area contributed by atoms with E-state index >= 15 is 0 Å². The van der Waals surface area contributed by atoms with Gasteiger partial charge in [0.2, 0.25) is 0 Å². The normalized spacial score (nSPS) is 11.1. The van der Waals surface area contributed by atoms with Crippen LogP contribution in [0.4, 0.5) is 0 Å². The average Bonchev–Trinajstić information content (AvgIpc) is 2.85. The molecule has 18 heavy (non-hydrogen) atoms. The third kappa shape index (κ3) is 3.34. The van der Waals surface area contributed by atoms with Crippen LogP contribution in [0.25, 0.3) is 11.5 Å². The molecule has 2 rings (SSSR count). The molecule has 0 spiro atoms. The molecular formula is C13H17N3OS. The van der Waals surface area contributed by atoms with Gasteiger partial charge in [-0.1, -0.05) is 31.1 Å². The first kappa shape index (κ1) is 13.1. The first-order valence-corrected chi connectivity index (χ1v) is 6.97. The highest BCUT2D eigenvalue weighted by molar-refractivity contribution is 7.99. The fourth-order valence-electron chi connectivity index (χ4n) is 1.50. The smallest absolute Gasteiger partial charge is 0.257 e. The summed E-state index contributed by atoms with van der Waals surface area (Å²) in [5, 5.41) is 4.54. The topological polar surface area (TPSA) is 64.9 Å². The molecule has 0 atom stereocenters. The minimum atomic E-state index is 0.512. The molecule has 0 amide bonds. The Labute approximate surface area is 111 Å². The van der Waals surface area contributed by atoms with E-state index in [9.17, 15) is 0 Å². The number of thioether (sulfide) groups is 1. The van der Waals surface area contributed by atoms with Crippen LogP contribution >= 0.6 is 11.8 Å². The highest BCUT2D eigenvalue weighted by atomic mass is 32.2. The van der Waals surface area contributed by atoms with Crippen LogP contribution in [0.2, 0.25) is 0 Å². The fraction of sp³-hybridized carbons (Fsp3) is 0.385. The second-order valence-corrected chi connectivity index (χ2v) is 5.84. The standard InChI is InChI=1S/C13H17N3OS/c1-9(2)18-8-12-15-13(17-16-12)11-5-3-4-10(6-11)7-14/h3-6,9H,7-8,14H2,1-2H3. The molecule has 0 saturated carbocycles. The van der Waals surface area contributed by atoms with E-state index in [0.717, 1.165) is 22.7 Å². The van der Waals surface area contributed by atoms with Gasteiger partial charge >= 0.3 is 0 Å². The molecule has 0 aliphatic rings. The van der Waals surface area contributed by atoms with E-state index in [2.05, 4.69) is 24.0 Å². The molecule has 5 heteroatoms. The summed E-state index contributed by atoms with van der Waals surface area (Å²) in [6.45, 7) is 4.81. The van der Waals surface area contributed by atoms with Crippen LogP contribution < -0.4 is 5.73 Å². The quantitative estimate of drug-likeness (QED) is 0.898. The molecule has 0 unspecified atom stereocenters. The van der Waals surface area contributed by atoms with Crippen LogP contribution in [-0.2, 0) is 12.3 Å². The van der Waals surface area contributed by atoms with Crippen LogP contribution in [0.1, 0.15) is 25.2 Å². The maximum Gasteiger partial charge on any atom is 0.257 e. The Morgan fingerprint density at radius 1 is 1.39 bits per heavy atom. The molecule has 2 aromatic rings. The summed E-state index contributed by atoms with van der Waals surface area (Å²) in [5.74, 6) is 2.07. The molecule has 1 heterocycles. The van der Waals surface area contributed by atoms with Crippen molar-refractivity contribution in [3.63, 3.8) is 0 Å². The van der Waals surface area contributed by atoms with Crippen molar-refractivity contribution >= 4 is 11.8 Å². The van der Waals surface area contributed by atoms with Gasteiger partial charge in [0.25, 0.3) is 5.89 Å². The van der Waals surface area contributed by atoms with Gasteiger partial charge < -0.3 is 10.3 Å². The average molecular weight is 263 g/mol. The Bertz CT molecular complexity index is 510. The lowest BCUT2D eigenvalue weighted by Crippen LogP contribution is -1.95. The number of nitrogens with zero attached hydrogens (tertiary/aromatic N) is 2.